The molecule has 0 aromatic rings. The monoisotopic (exact) mass is 355 g/mol. The topological polar surface area (TPSA) is 61.8 Å². The second-order valence-corrected chi connectivity index (χ2v) is 10.3. The summed E-state index contributed by atoms with van der Waals surface area (Å²) < 4.78 is 23.3. The van der Waals surface area contributed by atoms with Crippen molar-refractivity contribution in [2.75, 3.05) is 37.7 Å². The predicted octanol–water partition coefficient (Wildman–Crippen LogP) is 2.43. The van der Waals surface area contributed by atoms with E-state index in [1.807, 2.05) is 0 Å². The maximum atomic E-state index is 11.6. The minimum absolute atomic E-state index is 0.208. The number of aliphatic imine (C=N–C) groups is 1. The van der Waals surface area contributed by atoms with Crippen LogP contribution in [-0.2, 0) is 9.84 Å². The van der Waals surface area contributed by atoms with Gasteiger partial charge in [-0.2, -0.15) is 0 Å². The minimum Gasteiger partial charge on any atom is -0.356 e. The summed E-state index contributed by atoms with van der Waals surface area (Å²) in [6.45, 7) is 5.98. The summed E-state index contributed by atoms with van der Waals surface area (Å²) in [6, 6.07) is 0. The first-order valence-corrected chi connectivity index (χ1v) is 11.6. The number of sulfone groups is 1. The van der Waals surface area contributed by atoms with Gasteiger partial charge >= 0.3 is 0 Å². The van der Waals surface area contributed by atoms with Crippen LogP contribution < -0.4 is 5.32 Å². The molecule has 6 heteroatoms. The van der Waals surface area contributed by atoms with Crippen LogP contribution in [0, 0.1) is 11.3 Å². The molecule has 1 saturated carbocycles. The van der Waals surface area contributed by atoms with Crippen molar-refractivity contribution in [3.63, 3.8) is 0 Å². The molecule has 1 aliphatic carbocycles. The number of rotatable bonds is 4. The predicted molar refractivity (Wildman–Crippen MR) is 99.1 cm³/mol. The fourth-order valence-corrected chi connectivity index (χ4v) is 6.41. The van der Waals surface area contributed by atoms with Gasteiger partial charge in [-0.25, -0.2) is 8.42 Å². The summed E-state index contributed by atoms with van der Waals surface area (Å²) in [4.78, 5) is 7.27. The van der Waals surface area contributed by atoms with E-state index >= 15 is 0 Å². The zero-order chi connectivity index (χ0) is 17.0. The number of nitrogens with zero attached hydrogens (tertiary/aromatic N) is 2. The first kappa shape index (κ1) is 18.0. The van der Waals surface area contributed by atoms with Crippen molar-refractivity contribution >= 4 is 15.8 Å². The molecule has 0 aromatic carbocycles. The first-order valence-electron chi connectivity index (χ1n) is 9.76. The Kier molecular flexibility index (Phi) is 5.73. The van der Waals surface area contributed by atoms with Gasteiger partial charge in [-0.15, -0.1) is 0 Å². The lowest BCUT2D eigenvalue weighted by atomic mass is 9.73. The Morgan fingerprint density at radius 2 is 2.04 bits per heavy atom. The van der Waals surface area contributed by atoms with E-state index in [1.165, 1.54) is 38.5 Å². The number of guanidine groups is 1. The largest absolute Gasteiger partial charge is 0.356 e. The molecule has 5 nitrogen and oxygen atoms in total. The van der Waals surface area contributed by atoms with Crippen LogP contribution in [0.15, 0.2) is 4.99 Å². The molecule has 2 saturated heterocycles. The van der Waals surface area contributed by atoms with Crippen LogP contribution in [0.25, 0.3) is 0 Å². The quantitative estimate of drug-likeness (QED) is 0.621. The second kappa shape index (κ2) is 7.63. The Morgan fingerprint density at radius 1 is 1.25 bits per heavy atom. The number of hydrogen-bond acceptors (Lipinski definition) is 3. The van der Waals surface area contributed by atoms with Gasteiger partial charge in [-0.1, -0.05) is 26.2 Å². The highest BCUT2D eigenvalue weighted by Crippen LogP contribution is 2.43. The number of likely N-dealkylation sites (tertiary alicyclic amines) is 1. The Hall–Kier alpha value is -0.780. The number of hydrogen-bond donors (Lipinski definition) is 1. The van der Waals surface area contributed by atoms with Crippen molar-refractivity contribution in [1.29, 1.82) is 0 Å². The Morgan fingerprint density at radius 3 is 2.71 bits per heavy atom. The van der Waals surface area contributed by atoms with Crippen LogP contribution in [0.3, 0.4) is 0 Å². The first-order chi connectivity index (χ1) is 11.5. The van der Waals surface area contributed by atoms with Crippen LogP contribution in [0.1, 0.15) is 58.3 Å². The molecule has 24 heavy (non-hydrogen) atoms. The van der Waals surface area contributed by atoms with E-state index in [0.29, 0.717) is 23.5 Å². The SMILES string of the molecule is CCCNC(=NCC1CCS(=O)(=O)C1)N1CCC2(CCCCC2)C1. The maximum absolute atomic E-state index is 11.6. The summed E-state index contributed by atoms with van der Waals surface area (Å²) in [5.41, 5.74) is 0.517. The third-order valence-corrected chi connectivity index (χ3v) is 7.85. The van der Waals surface area contributed by atoms with Crippen LogP contribution in [0.5, 0.6) is 0 Å². The minimum atomic E-state index is -2.80. The molecule has 1 atom stereocenters. The molecule has 2 aliphatic heterocycles. The van der Waals surface area contributed by atoms with Crippen molar-refractivity contribution in [2.24, 2.45) is 16.3 Å². The zero-order valence-corrected chi connectivity index (χ0v) is 15.9. The van der Waals surface area contributed by atoms with Crippen LogP contribution in [0.2, 0.25) is 0 Å². The normalized spacial score (nSPS) is 29.3. The van der Waals surface area contributed by atoms with E-state index in [2.05, 4.69) is 17.1 Å². The highest BCUT2D eigenvalue weighted by atomic mass is 32.2. The average molecular weight is 356 g/mol. The molecule has 3 fully saturated rings. The van der Waals surface area contributed by atoms with E-state index in [1.54, 1.807) is 0 Å². The molecule has 3 rings (SSSR count). The highest BCUT2D eigenvalue weighted by molar-refractivity contribution is 7.91. The Labute approximate surface area is 147 Å². The van der Waals surface area contributed by atoms with Gasteiger partial charge in [-0.05, 0) is 43.4 Å². The Bertz CT molecular complexity index is 553. The van der Waals surface area contributed by atoms with Crippen LogP contribution in [0.4, 0.5) is 0 Å². The molecule has 3 aliphatic rings. The van der Waals surface area contributed by atoms with Gasteiger partial charge in [0.1, 0.15) is 0 Å². The molecule has 0 radical (unpaired) electrons. The average Bonchev–Trinajstić information content (AvgIpc) is 3.12. The third kappa shape index (κ3) is 4.44. The van der Waals surface area contributed by atoms with Crippen molar-refractivity contribution in [3.05, 3.63) is 0 Å². The van der Waals surface area contributed by atoms with Crippen molar-refractivity contribution < 1.29 is 8.42 Å². The molecule has 1 N–H and O–H groups in total. The second-order valence-electron chi connectivity index (χ2n) is 8.09. The molecular weight excluding hydrogens is 322 g/mol. The summed E-state index contributed by atoms with van der Waals surface area (Å²) in [5, 5.41) is 3.50. The van der Waals surface area contributed by atoms with Crippen LogP contribution in [-0.4, -0.2) is 57.0 Å². The molecule has 0 amide bonds. The van der Waals surface area contributed by atoms with Crippen LogP contribution >= 0.6 is 0 Å². The third-order valence-electron chi connectivity index (χ3n) is 6.01. The lowest BCUT2D eigenvalue weighted by Crippen LogP contribution is -2.42. The molecule has 0 aromatic heterocycles. The van der Waals surface area contributed by atoms with Gasteiger partial charge in [0, 0.05) is 26.2 Å². The highest BCUT2D eigenvalue weighted by Gasteiger charge is 2.39. The van der Waals surface area contributed by atoms with Gasteiger partial charge in [0.25, 0.3) is 0 Å². The molecule has 2 heterocycles. The molecule has 1 spiro atoms. The smallest absolute Gasteiger partial charge is 0.193 e. The number of nitrogens with one attached hydrogen (secondary N) is 1. The molecule has 138 valence electrons. The summed E-state index contributed by atoms with van der Waals surface area (Å²) in [5.74, 6) is 1.89. The fraction of sp³-hybridized carbons (Fsp3) is 0.944. The van der Waals surface area contributed by atoms with Crippen molar-refractivity contribution in [1.82, 2.24) is 10.2 Å². The van der Waals surface area contributed by atoms with E-state index < -0.39 is 9.84 Å². The van der Waals surface area contributed by atoms with Gasteiger partial charge in [0.2, 0.25) is 0 Å². The van der Waals surface area contributed by atoms with Crippen molar-refractivity contribution in [3.8, 4) is 0 Å². The molecular formula is C18H33N3O2S. The van der Waals surface area contributed by atoms with E-state index in [9.17, 15) is 8.42 Å². The molecule has 1 unspecified atom stereocenters. The van der Waals surface area contributed by atoms with Gasteiger partial charge < -0.3 is 10.2 Å². The van der Waals surface area contributed by atoms with Gasteiger partial charge in [0.05, 0.1) is 11.5 Å². The maximum Gasteiger partial charge on any atom is 0.193 e. The van der Waals surface area contributed by atoms with Gasteiger partial charge in [-0.3, -0.25) is 4.99 Å². The van der Waals surface area contributed by atoms with Gasteiger partial charge in [0.15, 0.2) is 15.8 Å². The fourth-order valence-electron chi connectivity index (χ4n) is 4.56. The van der Waals surface area contributed by atoms with E-state index in [4.69, 9.17) is 4.99 Å². The summed E-state index contributed by atoms with van der Waals surface area (Å²) in [7, 11) is -2.80. The van der Waals surface area contributed by atoms with E-state index in [0.717, 1.165) is 38.4 Å². The molecule has 0 bridgehead atoms. The van der Waals surface area contributed by atoms with E-state index in [-0.39, 0.29) is 5.92 Å². The zero-order valence-electron chi connectivity index (χ0n) is 15.1. The lowest BCUT2D eigenvalue weighted by molar-refractivity contribution is 0.203. The standard InChI is InChI=1S/C18H33N3O2S/c1-2-10-19-17(20-13-16-6-12-24(22,23)14-16)21-11-9-18(15-21)7-4-3-5-8-18/h16H,2-15H2,1H3,(H,19,20). The summed E-state index contributed by atoms with van der Waals surface area (Å²) >= 11 is 0. The summed E-state index contributed by atoms with van der Waals surface area (Å²) in [6.07, 6.45) is 10.0. The van der Waals surface area contributed by atoms with Crippen molar-refractivity contribution in [2.45, 2.75) is 58.3 Å². The lowest BCUT2D eigenvalue weighted by Gasteiger charge is -2.33. The Balaban J connectivity index is 1.62.